The van der Waals surface area contributed by atoms with Crippen LogP contribution in [0.2, 0.25) is 0 Å². The maximum absolute atomic E-state index is 11.8. The van der Waals surface area contributed by atoms with E-state index in [0.29, 0.717) is 10.6 Å². The van der Waals surface area contributed by atoms with Gasteiger partial charge in [-0.25, -0.2) is 0 Å². The van der Waals surface area contributed by atoms with Gasteiger partial charge in [0, 0.05) is 13.2 Å². The highest BCUT2D eigenvalue weighted by molar-refractivity contribution is 9.11. The largest absolute Gasteiger partial charge is 0.286 e. The van der Waals surface area contributed by atoms with E-state index in [1.54, 1.807) is 30.1 Å². The second-order valence-electron chi connectivity index (χ2n) is 2.81. The first kappa shape index (κ1) is 9.61. The lowest BCUT2D eigenvalue weighted by atomic mass is 10.2. The molecule has 0 aliphatic heterocycles. The van der Waals surface area contributed by atoms with Crippen molar-refractivity contribution < 1.29 is 4.79 Å². The zero-order valence-corrected chi connectivity index (χ0v) is 9.80. The molecule has 0 N–H and O–H groups in total. The summed E-state index contributed by atoms with van der Waals surface area (Å²) in [5.41, 5.74) is 0.488. The third-order valence-corrected chi connectivity index (χ3v) is 3.37. The van der Waals surface area contributed by atoms with Crippen LogP contribution < -0.4 is 0 Å². The normalized spacial score (nSPS) is 10.4. The summed E-state index contributed by atoms with van der Waals surface area (Å²) >= 11 is 4.74. The summed E-state index contributed by atoms with van der Waals surface area (Å²) in [6, 6.07) is 5.38. The maximum atomic E-state index is 11.8. The van der Waals surface area contributed by atoms with Crippen LogP contribution >= 0.6 is 27.3 Å². The van der Waals surface area contributed by atoms with Crippen LogP contribution in [0.3, 0.4) is 0 Å². The average Bonchev–Trinajstić information content (AvgIpc) is 2.73. The van der Waals surface area contributed by atoms with Crippen molar-refractivity contribution >= 4 is 33.0 Å². The van der Waals surface area contributed by atoms with E-state index in [4.69, 9.17) is 0 Å². The van der Waals surface area contributed by atoms with Crippen LogP contribution in [-0.4, -0.2) is 15.6 Å². The topological polar surface area (TPSA) is 34.9 Å². The molecule has 0 aliphatic carbocycles. The van der Waals surface area contributed by atoms with Gasteiger partial charge in [0.05, 0.1) is 8.66 Å². The zero-order valence-electron chi connectivity index (χ0n) is 7.40. The van der Waals surface area contributed by atoms with E-state index in [9.17, 15) is 4.79 Å². The van der Waals surface area contributed by atoms with Crippen LogP contribution in [-0.2, 0) is 7.05 Å². The van der Waals surface area contributed by atoms with Gasteiger partial charge >= 0.3 is 0 Å². The van der Waals surface area contributed by atoms with Gasteiger partial charge in [-0.15, -0.1) is 11.3 Å². The predicted octanol–water partition coefficient (Wildman–Crippen LogP) is 2.48. The second kappa shape index (κ2) is 3.67. The molecule has 0 aliphatic rings. The van der Waals surface area contributed by atoms with Crippen molar-refractivity contribution in [3.63, 3.8) is 0 Å². The SMILES string of the molecule is Cn1ccc(C(=O)c2ccc(Br)s2)n1. The first-order valence-corrected chi connectivity index (χ1v) is 5.57. The molecule has 0 aromatic carbocycles. The van der Waals surface area contributed by atoms with Crippen LogP contribution in [0, 0.1) is 0 Å². The van der Waals surface area contributed by atoms with Crippen molar-refractivity contribution in [1.29, 1.82) is 0 Å². The van der Waals surface area contributed by atoms with Gasteiger partial charge in [-0.05, 0) is 34.1 Å². The zero-order chi connectivity index (χ0) is 10.1. The number of nitrogens with zero attached hydrogens (tertiary/aromatic N) is 2. The van der Waals surface area contributed by atoms with Crippen LogP contribution in [0.4, 0.5) is 0 Å². The molecular weight excluding hydrogens is 264 g/mol. The lowest BCUT2D eigenvalue weighted by Crippen LogP contribution is -2.00. The number of aromatic nitrogens is 2. The molecule has 14 heavy (non-hydrogen) atoms. The molecule has 0 bridgehead atoms. The number of carbonyl (C=O) groups is 1. The highest BCUT2D eigenvalue weighted by atomic mass is 79.9. The van der Waals surface area contributed by atoms with Crippen LogP contribution in [0.25, 0.3) is 0 Å². The number of ketones is 1. The van der Waals surface area contributed by atoms with Gasteiger partial charge in [-0.1, -0.05) is 0 Å². The van der Waals surface area contributed by atoms with E-state index >= 15 is 0 Å². The summed E-state index contributed by atoms with van der Waals surface area (Å²) in [7, 11) is 1.79. The Morgan fingerprint density at radius 3 is 2.79 bits per heavy atom. The maximum Gasteiger partial charge on any atom is 0.223 e. The first-order chi connectivity index (χ1) is 6.66. The summed E-state index contributed by atoms with van der Waals surface area (Å²) in [5.74, 6) is -0.0266. The summed E-state index contributed by atoms with van der Waals surface area (Å²) in [6.07, 6.45) is 1.76. The summed E-state index contributed by atoms with van der Waals surface area (Å²) in [5, 5.41) is 4.05. The highest BCUT2D eigenvalue weighted by Crippen LogP contribution is 2.23. The van der Waals surface area contributed by atoms with Gasteiger partial charge < -0.3 is 0 Å². The summed E-state index contributed by atoms with van der Waals surface area (Å²) in [4.78, 5) is 12.5. The lowest BCUT2D eigenvalue weighted by molar-refractivity contribution is 0.103. The van der Waals surface area contributed by atoms with E-state index in [1.807, 2.05) is 6.07 Å². The Morgan fingerprint density at radius 1 is 1.50 bits per heavy atom. The minimum atomic E-state index is -0.0266. The Bertz CT molecular complexity index is 432. The van der Waals surface area contributed by atoms with E-state index in [1.165, 1.54) is 11.3 Å². The van der Waals surface area contributed by atoms with E-state index in [-0.39, 0.29) is 5.78 Å². The molecule has 0 radical (unpaired) electrons. The van der Waals surface area contributed by atoms with Crippen LogP contribution in [0.15, 0.2) is 28.2 Å². The Labute approximate surface area is 93.5 Å². The summed E-state index contributed by atoms with van der Waals surface area (Å²) in [6.45, 7) is 0. The Hall–Kier alpha value is -0.940. The molecule has 72 valence electrons. The molecule has 2 heterocycles. The Balaban J connectivity index is 2.33. The average molecular weight is 271 g/mol. The monoisotopic (exact) mass is 270 g/mol. The number of hydrogen-bond donors (Lipinski definition) is 0. The number of aryl methyl sites for hydroxylation is 1. The van der Waals surface area contributed by atoms with Crippen molar-refractivity contribution in [1.82, 2.24) is 9.78 Å². The first-order valence-electron chi connectivity index (χ1n) is 3.96. The highest BCUT2D eigenvalue weighted by Gasteiger charge is 2.13. The molecule has 0 saturated heterocycles. The van der Waals surface area contributed by atoms with Gasteiger partial charge in [0.1, 0.15) is 5.69 Å². The number of hydrogen-bond acceptors (Lipinski definition) is 3. The molecule has 2 aromatic rings. The van der Waals surface area contributed by atoms with Gasteiger partial charge in [-0.3, -0.25) is 9.48 Å². The molecule has 3 nitrogen and oxygen atoms in total. The number of halogens is 1. The molecule has 2 aromatic heterocycles. The molecular formula is C9H7BrN2OS. The minimum Gasteiger partial charge on any atom is -0.286 e. The minimum absolute atomic E-state index is 0.0266. The summed E-state index contributed by atoms with van der Waals surface area (Å²) < 4.78 is 2.58. The molecule has 0 fully saturated rings. The molecule has 0 amide bonds. The molecule has 0 saturated carbocycles. The van der Waals surface area contributed by atoms with E-state index < -0.39 is 0 Å². The van der Waals surface area contributed by atoms with Crippen molar-refractivity contribution in [3.8, 4) is 0 Å². The van der Waals surface area contributed by atoms with Crippen molar-refractivity contribution in [2.45, 2.75) is 0 Å². The van der Waals surface area contributed by atoms with Crippen molar-refractivity contribution in [2.24, 2.45) is 7.05 Å². The number of rotatable bonds is 2. The quantitative estimate of drug-likeness (QED) is 0.786. The lowest BCUT2D eigenvalue weighted by Gasteiger charge is -1.90. The van der Waals surface area contributed by atoms with Gasteiger partial charge in [0.2, 0.25) is 5.78 Å². The molecule has 5 heteroatoms. The number of carbonyl (C=O) groups excluding carboxylic acids is 1. The van der Waals surface area contributed by atoms with Crippen molar-refractivity contribution in [2.75, 3.05) is 0 Å². The molecule has 0 atom stereocenters. The molecule has 0 unspecified atom stereocenters. The van der Waals surface area contributed by atoms with E-state index in [0.717, 1.165) is 3.79 Å². The standard InChI is InChI=1S/C9H7BrN2OS/c1-12-5-4-6(11-12)9(13)7-2-3-8(10)14-7/h2-5H,1H3. The predicted molar refractivity (Wildman–Crippen MR) is 58.7 cm³/mol. The fourth-order valence-electron chi connectivity index (χ4n) is 1.10. The van der Waals surface area contributed by atoms with Crippen LogP contribution in [0.5, 0.6) is 0 Å². The fourth-order valence-corrected chi connectivity index (χ4v) is 2.43. The van der Waals surface area contributed by atoms with Crippen LogP contribution in [0.1, 0.15) is 15.4 Å². The third-order valence-electron chi connectivity index (χ3n) is 1.74. The smallest absolute Gasteiger partial charge is 0.223 e. The van der Waals surface area contributed by atoms with E-state index in [2.05, 4.69) is 21.0 Å². The van der Waals surface area contributed by atoms with Gasteiger partial charge in [0.15, 0.2) is 0 Å². The molecule has 2 rings (SSSR count). The fraction of sp³-hybridized carbons (Fsp3) is 0.111. The Morgan fingerprint density at radius 2 is 2.29 bits per heavy atom. The van der Waals surface area contributed by atoms with Crippen molar-refractivity contribution in [3.05, 3.63) is 38.8 Å². The number of thiophene rings is 1. The second-order valence-corrected chi connectivity index (χ2v) is 5.27. The van der Waals surface area contributed by atoms with Gasteiger partial charge in [0.25, 0.3) is 0 Å². The Kier molecular flexibility index (Phi) is 2.52. The third kappa shape index (κ3) is 1.78. The molecule has 0 spiro atoms. The van der Waals surface area contributed by atoms with Gasteiger partial charge in [-0.2, -0.15) is 5.10 Å².